The van der Waals surface area contributed by atoms with Gasteiger partial charge in [-0.2, -0.15) is 23.1 Å². The number of rotatable bonds is 3. The van der Waals surface area contributed by atoms with Crippen molar-refractivity contribution in [3.63, 3.8) is 0 Å². The van der Waals surface area contributed by atoms with Crippen LogP contribution < -0.4 is 5.69 Å². The van der Waals surface area contributed by atoms with Crippen molar-refractivity contribution in [3.8, 4) is 11.8 Å². The monoisotopic (exact) mass is 399 g/mol. The minimum Gasteiger partial charge on any atom is -0.290 e. The maximum absolute atomic E-state index is 12.7. The second-order valence-corrected chi connectivity index (χ2v) is 6.83. The van der Waals surface area contributed by atoms with Crippen molar-refractivity contribution < 1.29 is 13.2 Å². The van der Waals surface area contributed by atoms with Gasteiger partial charge in [0.25, 0.3) is 0 Å². The van der Waals surface area contributed by atoms with Crippen molar-refractivity contribution in [2.24, 2.45) is 0 Å². The first-order valence-electron chi connectivity index (χ1n) is 8.93. The lowest BCUT2D eigenvalue weighted by molar-refractivity contribution is -0.137. The molecular formula is C20H16F3N5O. The van der Waals surface area contributed by atoms with E-state index in [2.05, 4.69) is 16.1 Å². The van der Waals surface area contributed by atoms with Crippen LogP contribution in [0.2, 0.25) is 0 Å². The van der Waals surface area contributed by atoms with E-state index in [0.29, 0.717) is 43.3 Å². The van der Waals surface area contributed by atoms with Crippen LogP contribution in [-0.4, -0.2) is 25.8 Å². The van der Waals surface area contributed by atoms with Gasteiger partial charge >= 0.3 is 11.9 Å². The Balaban J connectivity index is 1.54. The Hall–Kier alpha value is -3.38. The molecule has 9 heteroatoms. The van der Waals surface area contributed by atoms with Crippen LogP contribution in [-0.2, 0) is 25.8 Å². The molecule has 0 unspecified atom stereocenters. The summed E-state index contributed by atoms with van der Waals surface area (Å²) in [5.41, 5.74) is 0.798. The maximum atomic E-state index is 12.7. The first-order chi connectivity index (χ1) is 13.8. The molecule has 29 heavy (non-hydrogen) atoms. The molecule has 2 heterocycles. The molecule has 0 atom stereocenters. The summed E-state index contributed by atoms with van der Waals surface area (Å²) in [5, 5.41) is 13.2. The van der Waals surface area contributed by atoms with E-state index in [-0.39, 0.29) is 5.69 Å². The summed E-state index contributed by atoms with van der Waals surface area (Å²) in [5.74, 6) is 0.565. The highest BCUT2D eigenvalue weighted by atomic mass is 19.4. The van der Waals surface area contributed by atoms with E-state index < -0.39 is 11.7 Å². The van der Waals surface area contributed by atoms with Crippen molar-refractivity contribution in [2.45, 2.75) is 25.8 Å². The van der Waals surface area contributed by atoms with Crippen LogP contribution in [0.1, 0.15) is 22.5 Å². The van der Waals surface area contributed by atoms with Gasteiger partial charge < -0.3 is 0 Å². The number of alkyl halides is 3. The van der Waals surface area contributed by atoms with Gasteiger partial charge in [-0.05, 0) is 42.0 Å². The van der Waals surface area contributed by atoms with E-state index in [0.717, 1.165) is 22.4 Å². The van der Waals surface area contributed by atoms with Crippen LogP contribution in [0.25, 0.3) is 5.69 Å². The lowest BCUT2D eigenvalue weighted by atomic mass is 10.1. The standard InChI is InChI=1S/C20H16F3N5O/c21-20(22,23)16-5-7-17(8-6-16)28-19(29)27-10-9-26(13-18(27)25-28)12-15-3-1-14(11-24)2-4-15/h1-8H,9-10,12-13H2. The van der Waals surface area contributed by atoms with E-state index in [1.807, 2.05) is 12.1 Å². The molecule has 6 nitrogen and oxygen atoms in total. The highest BCUT2D eigenvalue weighted by molar-refractivity contribution is 5.35. The zero-order valence-electron chi connectivity index (χ0n) is 15.2. The Bertz CT molecular complexity index is 1120. The molecule has 0 fully saturated rings. The summed E-state index contributed by atoms with van der Waals surface area (Å²) in [4.78, 5) is 14.7. The van der Waals surface area contributed by atoms with Gasteiger partial charge in [0.05, 0.1) is 29.4 Å². The number of hydrogen-bond acceptors (Lipinski definition) is 4. The molecule has 0 bridgehead atoms. The molecule has 1 aliphatic rings. The number of nitriles is 1. The predicted molar refractivity (Wildman–Crippen MR) is 98.1 cm³/mol. The van der Waals surface area contributed by atoms with Crippen molar-refractivity contribution in [3.05, 3.63) is 81.5 Å². The van der Waals surface area contributed by atoms with Crippen molar-refractivity contribution >= 4 is 0 Å². The SMILES string of the molecule is N#Cc1ccc(CN2CCn3c(nn(-c4ccc(C(F)(F)F)cc4)c3=O)C2)cc1. The number of nitrogens with zero attached hydrogens (tertiary/aromatic N) is 5. The first-order valence-corrected chi connectivity index (χ1v) is 8.93. The second-order valence-electron chi connectivity index (χ2n) is 6.83. The second kappa shape index (κ2) is 7.22. The highest BCUT2D eigenvalue weighted by Gasteiger charge is 2.30. The predicted octanol–water partition coefficient (Wildman–Crippen LogP) is 2.94. The lowest BCUT2D eigenvalue weighted by Gasteiger charge is -2.26. The molecule has 0 N–H and O–H groups in total. The number of fused-ring (bicyclic) bond motifs is 1. The van der Waals surface area contributed by atoms with Gasteiger partial charge in [-0.15, -0.1) is 5.10 Å². The number of benzene rings is 2. The van der Waals surface area contributed by atoms with Gasteiger partial charge in [0.15, 0.2) is 0 Å². The van der Waals surface area contributed by atoms with Crippen molar-refractivity contribution in [1.29, 1.82) is 5.26 Å². The first kappa shape index (κ1) is 19.0. The van der Waals surface area contributed by atoms with Crippen LogP contribution in [0.15, 0.2) is 53.3 Å². The van der Waals surface area contributed by atoms with Gasteiger partial charge in [0.1, 0.15) is 5.82 Å². The summed E-state index contributed by atoms with van der Waals surface area (Å²) in [6, 6.07) is 13.8. The molecule has 0 radical (unpaired) electrons. The largest absolute Gasteiger partial charge is 0.416 e. The fourth-order valence-electron chi connectivity index (χ4n) is 3.34. The molecule has 4 rings (SSSR count). The zero-order valence-corrected chi connectivity index (χ0v) is 15.2. The summed E-state index contributed by atoms with van der Waals surface area (Å²) < 4.78 is 40.9. The Labute approximate surface area is 164 Å². The Morgan fingerprint density at radius 2 is 1.72 bits per heavy atom. The third-order valence-corrected chi connectivity index (χ3v) is 4.87. The van der Waals surface area contributed by atoms with Gasteiger partial charge in [0.2, 0.25) is 0 Å². The average Bonchev–Trinajstić information content (AvgIpc) is 3.04. The third-order valence-electron chi connectivity index (χ3n) is 4.87. The van der Waals surface area contributed by atoms with E-state index in [1.54, 1.807) is 16.7 Å². The van der Waals surface area contributed by atoms with Crippen LogP contribution >= 0.6 is 0 Å². The van der Waals surface area contributed by atoms with Crippen LogP contribution in [0.5, 0.6) is 0 Å². The van der Waals surface area contributed by atoms with Gasteiger partial charge in [0, 0.05) is 19.6 Å². The fourth-order valence-corrected chi connectivity index (χ4v) is 3.34. The molecule has 0 spiro atoms. The van der Waals surface area contributed by atoms with E-state index >= 15 is 0 Å². The molecule has 1 aromatic heterocycles. The van der Waals surface area contributed by atoms with Gasteiger partial charge in [-0.25, -0.2) is 4.79 Å². The minimum atomic E-state index is -4.43. The molecule has 0 amide bonds. The molecular weight excluding hydrogens is 383 g/mol. The molecule has 0 aliphatic carbocycles. The topological polar surface area (TPSA) is 66.8 Å². The van der Waals surface area contributed by atoms with Gasteiger partial charge in [-0.1, -0.05) is 12.1 Å². The molecule has 2 aromatic carbocycles. The highest BCUT2D eigenvalue weighted by Crippen LogP contribution is 2.29. The van der Waals surface area contributed by atoms with E-state index in [9.17, 15) is 18.0 Å². The van der Waals surface area contributed by atoms with Crippen LogP contribution in [0.4, 0.5) is 13.2 Å². The minimum absolute atomic E-state index is 0.295. The zero-order chi connectivity index (χ0) is 20.6. The van der Waals surface area contributed by atoms with E-state index in [1.165, 1.54) is 12.1 Å². The number of aromatic nitrogens is 3. The smallest absolute Gasteiger partial charge is 0.290 e. The number of halogens is 3. The summed E-state index contributed by atoms with van der Waals surface area (Å²) in [6.07, 6.45) is -4.43. The maximum Gasteiger partial charge on any atom is 0.416 e. The van der Waals surface area contributed by atoms with Crippen LogP contribution in [0, 0.1) is 11.3 Å². The van der Waals surface area contributed by atoms with E-state index in [4.69, 9.17) is 5.26 Å². The van der Waals surface area contributed by atoms with Crippen LogP contribution in [0.3, 0.4) is 0 Å². The Kier molecular flexibility index (Phi) is 4.72. The van der Waals surface area contributed by atoms with Crippen molar-refractivity contribution in [2.75, 3.05) is 6.54 Å². The van der Waals surface area contributed by atoms with Gasteiger partial charge in [-0.3, -0.25) is 9.47 Å². The summed E-state index contributed by atoms with van der Waals surface area (Å²) in [7, 11) is 0. The third kappa shape index (κ3) is 3.79. The normalized spacial score (nSPS) is 14.4. The quantitative estimate of drug-likeness (QED) is 0.679. The molecule has 3 aromatic rings. The Morgan fingerprint density at radius 3 is 2.34 bits per heavy atom. The lowest BCUT2D eigenvalue weighted by Crippen LogP contribution is -2.37. The summed E-state index contributed by atoms with van der Waals surface area (Å²) >= 11 is 0. The average molecular weight is 399 g/mol. The summed E-state index contributed by atoms with van der Waals surface area (Å²) in [6.45, 7) is 2.19. The Morgan fingerprint density at radius 1 is 1.03 bits per heavy atom. The molecule has 1 aliphatic heterocycles. The number of hydrogen-bond donors (Lipinski definition) is 0. The van der Waals surface area contributed by atoms with Crippen molar-refractivity contribution in [1.82, 2.24) is 19.2 Å². The molecule has 148 valence electrons. The molecule has 0 saturated heterocycles. The fraction of sp³-hybridized carbons (Fsp3) is 0.250. The molecule has 0 saturated carbocycles.